The molecule has 1 atom stereocenters. The van der Waals surface area contributed by atoms with Crippen LogP contribution in [0.4, 0.5) is 0 Å². The standard InChI is InChI=1S/C17H12S/c1-2-6-13-11-15-14-7-3-4-8-16(14)18-17(15)10-9-12(13)5-1/h1-12H. The molecule has 1 heterocycles. The van der Waals surface area contributed by atoms with Gasteiger partial charge in [-0.15, -0.1) is 11.3 Å². The average molecular weight is 248 g/mol. The molecule has 86 valence electrons. The minimum atomic E-state index is 0.438. The molecule has 0 aliphatic heterocycles. The number of allylic oxidation sites excluding steroid dienone is 6. The second-order valence-electron chi connectivity index (χ2n) is 4.65. The Bertz CT molecular complexity index is 738. The fourth-order valence-electron chi connectivity index (χ4n) is 2.61. The normalized spacial score (nSPS) is 20.4. The van der Waals surface area contributed by atoms with Crippen LogP contribution in [0.25, 0.3) is 22.2 Å². The van der Waals surface area contributed by atoms with Crippen LogP contribution in [0.3, 0.4) is 0 Å². The molecule has 0 saturated heterocycles. The highest BCUT2D eigenvalue weighted by atomic mass is 32.1. The Kier molecular flexibility index (Phi) is 2.14. The Morgan fingerprint density at radius 2 is 1.89 bits per heavy atom. The third-order valence-corrected chi connectivity index (χ3v) is 4.68. The number of hydrogen-bond donors (Lipinski definition) is 0. The first-order chi connectivity index (χ1) is 8.92. The van der Waals surface area contributed by atoms with Crippen LogP contribution < -0.4 is 0 Å². The van der Waals surface area contributed by atoms with Gasteiger partial charge in [-0.3, -0.25) is 0 Å². The van der Waals surface area contributed by atoms with Crippen LogP contribution in [-0.2, 0) is 0 Å². The van der Waals surface area contributed by atoms with E-state index >= 15 is 0 Å². The van der Waals surface area contributed by atoms with E-state index in [1.165, 1.54) is 26.1 Å². The van der Waals surface area contributed by atoms with E-state index in [9.17, 15) is 0 Å². The van der Waals surface area contributed by atoms with Gasteiger partial charge in [0.05, 0.1) is 0 Å². The van der Waals surface area contributed by atoms with Gasteiger partial charge < -0.3 is 0 Å². The first kappa shape index (κ1) is 10.1. The number of rotatable bonds is 0. The molecule has 1 unspecified atom stereocenters. The molecule has 1 heteroatoms. The molecule has 0 radical (unpaired) electrons. The molecule has 0 N–H and O–H groups in total. The summed E-state index contributed by atoms with van der Waals surface area (Å²) in [6.07, 6.45) is 15.6. The maximum atomic E-state index is 2.35. The van der Waals surface area contributed by atoms with Crippen molar-refractivity contribution >= 4 is 33.6 Å². The molecular formula is C17H12S. The molecule has 0 spiro atoms. The van der Waals surface area contributed by atoms with E-state index in [4.69, 9.17) is 0 Å². The van der Waals surface area contributed by atoms with Crippen LogP contribution >= 0.6 is 11.3 Å². The molecule has 18 heavy (non-hydrogen) atoms. The van der Waals surface area contributed by atoms with Gasteiger partial charge in [0.15, 0.2) is 0 Å². The fourth-order valence-corrected chi connectivity index (χ4v) is 3.70. The summed E-state index contributed by atoms with van der Waals surface area (Å²) in [4.78, 5) is 1.37. The molecule has 0 amide bonds. The Balaban J connectivity index is 2.02. The molecule has 0 fully saturated rings. The molecule has 0 nitrogen and oxygen atoms in total. The van der Waals surface area contributed by atoms with Gasteiger partial charge in [-0.05, 0) is 23.8 Å². The summed E-state index contributed by atoms with van der Waals surface area (Å²) < 4.78 is 1.37. The first-order valence-electron chi connectivity index (χ1n) is 6.18. The lowest BCUT2D eigenvalue weighted by molar-refractivity contribution is 1.01. The summed E-state index contributed by atoms with van der Waals surface area (Å²) in [6, 6.07) is 8.66. The lowest BCUT2D eigenvalue weighted by atomic mass is 9.94. The SMILES string of the molecule is C1=CC2=Cc3c(sc4ccccc34)C=CC2C=C1. The van der Waals surface area contributed by atoms with E-state index in [2.05, 4.69) is 66.8 Å². The van der Waals surface area contributed by atoms with Gasteiger partial charge in [-0.2, -0.15) is 0 Å². The van der Waals surface area contributed by atoms with E-state index < -0.39 is 0 Å². The zero-order valence-electron chi connectivity index (χ0n) is 9.84. The van der Waals surface area contributed by atoms with Gasteiger partial charge in [0.25, 0.3) is 0 Å². The van der Waals surface area contributed by atoms with Crippen molar-refractivity contribution in [3.8, 4) is 0 Å². The highest BCUT2D eigenvalue weighted by Gasteiger charge is 2.15. The monoisotopic (exact) mass is 248 g/mol. The van der Waals surface area contributed by atoms with Crippen LogP contribution in [0.15, 0.2) is 60.2 Å². The van der Waals surface area contributed by atoms with Crippen molar-refractivity contribution in [1.29, 1.82) is 0 Å². The summed E-state index contributed by atoms with van der Waals surface area (Å²) in [6.45, 7) is 0. The van der Waals surface area contributed by atoms with Gasteiger partial charge in [-0.25, -0.2) is 0 Å². The van der Waals surface area contributed by atoms with Gasteiger partial charge >= 0.3 is 0 Å². The third kappa shape index (κ3) is 1.44. The summed E-state index contributed by atoms with van der Waals surface area (Å²) in [5.74, 6) is 0.438. The van der Waals surface area contributed by atoms with Crippen molar-refractivity contribution in [3.05, 3.63) is 70.7 Å². The van der Waals surface area contributed by atoms with E-state index in [0.29, 0.717) is 5.92 Å². The fraction of sp³-hybridized carbons (Fsp3) is 0.0588. The Labute approximate surface area is 110 Å². The Hall–Kier alpha value is -1.86. The van der Waals surface area contributed by atoms with Crippen LogP contribution in [0.5, 0.6) is 0 Å². The van der Waals surface area contributed by atoms with Crippen molar-refractivity contribution in [2.45, 2.75) is 0 Å². The van der Waals surface area contributed by atoms with E-state index in [-0.39, 0.29) is 0 Å². The third-order valence-electron chi connectivity index (χ3n) is 3.53. The topological polar surface area (TPSA) is 0 Å². The summed E-state index contributed by atoms with van der Waals surface area (Å²) in [5, 5.41) is 1.37. The molecule has 2 aliphatic carbocycles. The molecule has 2 aromatic rings. The van der Waals surface area contributed by atoms with Gasteiger partial charge in [0.2, 0.25) is 0 Å². The lowest BCUT2D eigenvalue weighted by Crippen LogP contribution is -1.96. The Morgan fingerprint density at radius 1 is 0.944 bits per heavy atom. The summed E-state index contributed by atoms with van der Waals surface area (Å²) in [5.41, 5.74) is 2.76. The minimum absolute atomic E-state index is 0.438. The predicted octanol–water partition coefficient (Wildman–Crippen LogP) is 5.05. The van der Waals surface area contributed by atoms with Crippen LogP contribution in [-0.4, -0.2) is 0 Å². The van der Waals surface area contributed by atoms with Crippen molar-refractivity contribution < 1.29 is 0 Å². The number of benzene rings is 1. The highest BCUT2D eigenvalue weighted by Crippen LogP contribution is 2.38. The van der Waals surface area contributed by atoms with Crippen LogP contribution in [0, 0.1) is 5.92 Å². The van der Waals surface area contributed by atoms with E-state index in [0.717, 1.165) is 0 Å². The lowest BCUT2D eigenvalue weighted by Gasteiger charge is -2.11. The van der Waals surface area contributed by atoms with Crippen LogP contribution in [0.2, 0.25) is 0 Å². The quantitative estimate of drug-likeness (QED) is 0.611. The number of thiophene rings is 1. The predicted molar refractivity (Wildman–Crippen MR) is 80.6 cm³/mol. The zero-order chi connectivity index (χ0) is 11.9. The van der Waals surface area contributed by atoms with Crippen molar-refractivity contribution in [2.75, 3.05) is 0 Å². The van der Waals surface area contributed by atoms with E-state index in [1.54, 1.807) is 0 Å². The van der Waals surface area contributed by atoms with Crippen molar-refractivity contribution in [2.24, 2.45) is 5.92 Å². The number of hydrogen-bond acceptors (Lipinski definition) is 1. The van der Waals surface area contributed by atoms with Gasteiger partial charge in [0.1, 0.15) is 0 Å². The zero-order valence-corrected chi connectivity index (χ0v) is 10.7. The first-order valence-corrected chi connectivity index (χ1v) is 7.00. The second-order valence-corrected chi connectivity index (χ2v) is 5.73. The smallest absolute Gasteiger partial charge is 0.0355 e. The van der Waals surface area contributed by atoms with Crippen molar-refractivity contribution in [1.82, 2.24) is 0 Å². The van der Waals surface area contributed by atoms with Gasteiger partial charge in [0, 0.05) is 26.4 Å². The van der Waals surface area contributed by atoms with Crippen molar-refractivity contribution in [3.63, 3.8) is 0 Å². The second kappa shape index (κ2) is 3.82. The molecule has 4 rings (SSSR count). The molecule has 1 aromatic carbocycles. The number of fused-ring (bicyclic) bond motifs is 4. The maximum Gasteiger partial charge on any atom is 0.0355 e. The summed E-state index contributed by atoms with van der Waals surface area (Å²) >= 11 is 1.88. The maximum absolute atomic E-state index is 2.35. The van der Waals surface area contributed by atoms with Crippen LogP contribution in [0.1, 0.15) is 10.4 Å². The summed E-state index contributed by atoms with van der Waals surface area (Å²) in [7, 11) is 0. The molecule has 0 saturated carbocycles. The largest absolute Gasteiger partial charge is 0.135 e. The molecule has 0 bridgehead atoms. The Morgan fingerprint density at radius 3 is 2.89 bits per heavy atom. The average Bonchev–Trinajstić information content (AvgIpc) is 2.65. The molecular weight excluding hydrogens is 236 g/mol. The minimum Gasteiger partial charge on any atom is -0.135 e. The van der Waals surface area contributed by atoms with Gasteiger partial charge in [-0.1, -0.05) is 48.6 Å². The van der Waals surface area contributed by atoms with E-state index in [1.807, 2.05) is 11.3 Å². The molecule has 2 aliphatic rings. The highest BCUT2D eigenvalue weighted by molar-refractivity contribution is 7.20. The molecule has 1 aromatic heterocycles.